The number of carboxylic acids is 1. The number of nitrogens with zero attached hydrogens (tertiary/aromatic N) is 2. The summed E-state index contributed by atoms with van der Waals surface area (Å²) in [6, 6.07) is 12.5. The Labute approximate surface area is 205 Å². The second-order valence-electron chi connectivity index (χ2n) is 9.42. The van der Waals surface area contributed by atoms with Gasteiger partial charge in [0.05, 0.1) is 37.2 Å². The summed E-state index contributed by atoms with van der Waals surface area (Å²) in [5.41, 5.74) is 6.42. The van der Waals surface area contributed by atoms with Crippen LogP contribution in [0.3, 0.4) is 0 Å². The van der Waals surface area contributed by atoms with E-state index >= 15 is 0 Å². The second kappa shape index (κ2) is 10.0. The van der Waals surface area contributed by atoms with E-state index in [-0.39, 0.29) is 17.9 Å². The van der Waals surface area contributed by atoms with Crippen molar-refractivity contribution in [3.8, 4) is 22.8 Å². The molecule has 5 rings (SSSR count). The number of aromatic nitrogens is 2. The van der Waals surface area contributed by atoms with Crippen LogP contribution in [0.2, 0.25) is 0 Å². The largest absolute Gasteiger partial charge is 0.490 e. The molecule has 3 aromatic rings. The van der Waals surface area contributed by atoms with Gasteiger partial charge in [-0.05, 0) is 66.3 Å². The minimum atomic E-state index is -0.774. The zero-order valence-electron chi connectivity index (χ0n) is 20.1. The number of hydrogen-bond acceptors (Lipinski definition) is 6. The molecule has 1 unspecified atom stereocenters. The molecule has 182 valence electrons. The highest BCUT2D eigenvalue weighted by atomic mass is 16.5. The summed E-state index contributed by atoms with van der Waals surface area (Å²) in [6.07, 6.45) is 5.89. The van der Waals surface area contributed by atoms with Gasteiger partial charge in [0, 0.05) is 18.8 Å². The SMILES string of the molecule is Cc1cc(OC2CCOCC2)cc(C)c1-c1cccc(COc2cnc(C3C[C@H]3C(=O)O)cn2)c1. The Bertz CT molecular complexity index is 1180. The van der Waals surface area contributed by atoms with Crippen molar-refractivity contribution >= 4 is 5.97 Å². The molecular formula is C28H30N2O5. The first-order valence-electron chi connectivity index (χ1n) is 12.1. The summed E-state index contributed by atoms with van der Waals surface area (Å²) in [5, 5.41) is 9.09. The number of benzene rings is 2. The highest BCUT2D eigenvalue weighted by molar-refractivity contribution is 5.75. The Kier molecular flexibility index (Phi) is 6.68. The lowest BCUT2D eigenvalue weighted by molar-refractivity contribution is -0.138. The average Bonchev–Trinajstić information content (AvgIpc) is 3.65. The predicted octanol–water partition coefficient (Wildman–Crippen LogP) is 5.09. The van der Waals surface area contributed by atoms with Crippen molar-refractivity contribution in [1.82, 2.24) is 9.97 Å². The Morgan fingerprint density at radius 3 is 2.51 bits per heavy atom. The fourth-order valence-electron chi connectivity index (χ4n) is 4.79. The van der Waals surface area contributed by atoms with Crippen LogP contribution in [-0.2, 0) is 16.1 Å². The second-order valence-corrected chi connectivity index (χ2v) is 9.42. The van der Waals surface area contributed by atoms with E-state index in [0.717, 1.165) is 42.9 Å². The van der Waals surface area contributed by atoms with E-state index in [1.54, 1.807) is 12.4 Å². The van der Waals surface area contributed by atoms with Gasteiger partial charge in [0.25, 0.3) is 0 Å². The number of aryl methyl sites for hydroxylation is 2. The lowest BCUT2D eigenvalue weighted by Crippen LogP contribution is -2.25. The Morgan fingerprint density at radius 1 is 1.09 bits per heavy atom. The smallest absolute Gasteiger partial charge is 0.307 e. The summed E-state index contributed by atoms with van der Waals surface area (Å²) in [7, 11) is 0. The van der Waals surface area contributed by atoms with Crippen molar-refractivity contribution < 1.29 is 24.1 Å². The summed E-state index contributed by atoms with van der Waals surface area (Å²) in [6.45, 7) is 6.13. The fraction of sp³-hybridized carbons (Fsp3) is 0.393. The van der Waals surface area contributed by atoms with Gasteiger partial charge in [0.15, 0.2) is 0 Å². The van der Waals surface area contributed by atoms with Gasteiger partial charge >= 0.3 is 5.97 Å². The highest BCUT2D eigenvalue weighted by Gasteiger charge is 2.45. The molecule has 0 spiro atoms. The molecule has 2 aliphatic rings. The molecule has 2 heterocycles. The molecule has 1 saturated heterocycles. The topological polar surface area (TPSA) is 90.8 Å². The van der Waals surface area contributed by atoms with Crippen LogP contribution in [0, 0.1) is 19.8 Å². The maximum Gasteiger partial charge on any atom is 0.307 e. The van der Waals surface area contributed by atoms with Gasteiger partial charge in [0.1, 0.15) is 18.5 Å². The van der Waals surface area contributed by atoms with E-state index in [9.17, 15) is 4.79 Å². The van der Waals surface area contributed by atoms with Crippen LogP contribution in [-0.4, -0.2) is 40.4 Å². The van der Waals surface area contributed by atoms with E-state index in [1.807, 2.05) is 12.1 Å². The molecule has 7 nitrogen and oxygen atoms in total. The van der Waals surface area contributed by atoms with Crippen LogP contribution in [0.15, 0.2) is 48.8 Å². The van der Waals surface area contributed by atoms with E-state index in [0.29, 0.717) is 24.6 Å². The standard InChI is InChI=1S/C28H30N2O5/c1-17-10-22(35-21-6-8-33-9-7-21)11-18(2)27(17)20-5-3-4-19(12-20)16-34-26-15-29-25(14-30-26)23-13-24(23)28(31)32/h3-5,10-12,14-15,21,23-24H,6-9,13,16H2,1-2H3,(H,31,32)/t23?,24-/m1/s1. The van der Waals surface area contributed by atoms with Crippen LogP contribution >= 0.6 is 0 Å². The molecule has 35 heavy (non-hydrogen) atoms. The van der Waals surface area contributed by atoms with Crippen LogP contribution < -0.4 is 9.47 Å². The van der Waals surface area contributed by atoms with Crippen molar-refractivity contribution in [2.24, 2.45) is 5.92 Å². The van der Waals surface area contributed by atoms with Gasteiger partial charge in [-0.15, -0.1) is 0 Å². The van der Waals surface area contributed by atoms with Gasteiger partial charge in [-0.25, -0.2) is 4.98 Å². The van der Waals surface area contributed by atoms with Crippen molar-refractivity contribution in [1.29, 1.82) is 0 Å². The quantitative estimate of drug-likeness (QED) is 0.486. The van der Waals surface area contributed by atoms with Crippen molar-refractivity contribution in [2.75, 3.05) is 13.2 Å². The third kappa shape index (κ3) is 5.46. The number of ether oxygens (including phenoxy) is 3. The molecular weight excluding hydrogens is 444 g/mol. The van der Waals surface area contributed by atoms with Gasteiger partial charge in [0.2, 0.25) is 5.88 Å². The predicted molar refractivity (Wildman–Crippen MR) is 131 cm³/mol. The van der Waals surface area contributed by atoms with Gasteiger partial charge < -0.3 is 19.3 Å². The van der Waals surface area contributed by atoms with E-state index in [2.05, 4.69) is 48.1 Å². The monoisotopic (exact) mass is 474 g/mol. The molecule has 0 radical (unpaired) electrons. The van der Waals surface area contributed by atoms with Gasteiger partial charge in [-0.2, -0.15) is 0 Å². The zero-order chi connectivity index (χ0) is 24.4. The van der Waals surface area contributed by atoms with Crippen molar-refractivity contribution in [3.63, 3.8) is 0 Å². The number of rotatable bonds is 8. The van der Waals surface area contributed by atoms with E-state index < -0.39 is 5.97 Å². The molecule has 1 aliphatic carbocycles. The van der Waals surface area contributed by atoms with Crippen molar-refractivity contribution in [2.45, 2.75) is 51.7 Å². The highest BCUT2D eigenvalue weighted by Crippen LogP contribution is 2.46. The minimum absolute atomic E-state index is 0.0364. The number of carboxylic acid groups (broad SMARTS) is 1. The molecule has 1 aromatic heterocycles. The molecule has 0 bridgehead atoms. The lowest BCUT2D eigenvalue weighted by atomic mass is 9.94. The maximum absolute atomic E-state index is 11.1. The van der Waals surface area contributed by atoms with Crippen LogP contribution in [0.5, 0.6) is 11.6 Å². The summed E-state index contributed by atoms with van der Waals surface area (Å²) >= 11 is 0. The molecule has 0 amide bonds. The molecule has 1 N–H and O–H groups in total. The zero-order valence-corrected chi connectivity index (χ0v) is 20.1. The molecule has 1 saturated carbocycles. The lowest BCUT2D eigenvalue weighted by Gasteiger charge is -2.24. The number of carbonyl (C=O) groups is 1. The van der Waals surface area contributed by atoms with Gasteiger partial charge in [-0.3, -0.25) is 9.78 Å². The first-order chi connectivity index (χ1) is 17.0. The summed E-state index contributed by atoms with van der Waals surface area (Å²) in [4.78, 5) is 19.7. The third-order valence-corrected chi connectivity index (χ3v) is 6.72. The number of aliphatic carboxylic acids is 1. The molecule has 7 heteroatoms. The first-order valence-corrected chi connectivity index (χ1v) is 12.1. The molecule has 2 fully saturated rings. The third-order valence-electron chi connectivity index (χ3n) is 6.72. The molecule has 2 atom stereocenters. The first kappa shape index (κ1) is 23.3. The van der Waals surface area contributed by atoms with Crippen LogP contribution in [0.4, 0.5) is 0 Å². The Balaban J connectivity index is 1.24. The van der Waals surface area contributed by atoms with Gasteiger partial charge in [-0.1, -0.05) is 18.2 Å². The maximum atomic E-state index is 11.1. The van der Waals surface area contributed by atoms with E-state index in [1.165, 1.54) is 16.7 Å². The Morgan fingerprint density at radius 2 is 1.86 bits per heavy atom. The van der Waals surface area contributed by atoms with Crippen LogP contribution in [0.1, 0.15) is 47.6 Å². The van der Waals surface area contributed by atoms with Crippen molar-refractivity contribution in [3.05, 3.63) is 71.2 Å². The normalized spacial score (nSPS) is 19.8. The fourth-order valence-corrected chi connectivity index (χ4v) is 4.79. The summed E-state index contributed by atoms with van der Waals surface area (Å²) in [5.74, 6) is 0.189. The Hall–Kier alpha value is -3.45. The van der Waals surface area contributed by atoms with Crippen LogP contribution in [0.25, 0.3) is 11.1 Å². The van der Waals surface area contributed by atoms with E-state index in [4.69, 9.17) is 19.3 Å². The summed E-state index contributed by atoms with van der Waals surface area (Å²) < 4.78 is 17.5. The molecule has 2 aromatic carbocycles. The molecule has 1 aliphatic heterocycles. The average molecular weight is 475 g/mol. The number of hydrogen-bond donors (Lipinski definition) is 1. The minimum Gasteiger partial charge on any atom is -0.490 e.